The van der Waals surface area contributed by atoms with Crippen molar-refractivity contribution in [2.24, 2.45) is 0 Å². The van der Waals surface area contributed by atoms with Crippen molar-refractivity contribution in [3.63, 3.8) is 0 Å². The van der Waals surface area contributed by atoms with E-state index >= 15 is 0 Å². The molecule has 0 spiro atoms. The highest BCUT2D eigenvalue weighted by Gasteiger charge is 1.99. The largest absolute Gasteiger partial charge is 0.462 e. The molecule has 0 heterocycles. The fraction of sp³-hybridized carbons (Fsp3) is 0.556. The standard InChI is InChI=1S/C9H15NO4/c1-7(10-3)6-9(12)14-5-4-13-8(2)11/h6,10H,4-5H2,1-3H3/b7-6-. The van der Waals surface area contributed by atoms with Crippen molar-refractivity contribution >= 4 is 11.9 Å². The van der Waals surface area contributed by atoms with Crippen LogP contribution in [0.15, 0.2) is 11.8 Å². The molecule has 0 amide bonds. The summed E-state index contributed by atoms with van der Waals surface area (Å²) in [5.74, 6) is -0.841. The van der Waals surface area contributed by atoms with Gasteiger partial charge in [0.1, 0.15) is 13.2 Å². The van der Waals surface area contributed by atoms with Crippen LogP contribution in [0.1, 0.15) is 13.8 Å². The van der Waals surface area contributed by atoms with Gasteiger partial charge in [0.05, 0.1) is 0 Å². The summed E-state index contributed by atoms with van der Waals surface area (Å²) in [6.07, 6.45) is 1.33. The molecule has 0 atom stereocenters. The first-order chi connectivity index (χ1) is 6.56. The summed E-state index contributed by atoms with van der Waals surface area (Å²) in [6.45, 7) is 3.21. The van der Waals surface area contributed by atoms with Gasteiger partial charge in [0, 0.05) is 25.7 Å². The molecule has 0 saturated carbocycles. The van der Waals surface area contributed by atoms with Gasteiger partial charge in [-0.15, -0.1) is 0 Å². The summed E-state index contributed by atoms with van der Waals surface area (Å²) in [5, 5.41) is 2.78. The Labute approximate surface area is 83.1 Å². The van der Waals surface area contributed by atoms with Gasteiger partial charge in [0.25, 0.3) is 0 Å². The zero-order chi connectivity index (χ0) is 11.0. The van der Waals surface area contributed by atoms with Crippen LogP contribution in [0.2, 0.25) is 0 Å². The lowest BCUT2D eigenvalue weighted by Gasteiger charge is -2.03. The topological polar surface area (TPSA) is 64.6 Å². The molecule has 0 rings (SSSR count). The molecule has 0 aromatic carbocycles. The van der Waals surface area contributed by atoms with Gasteiger partial charge < -0.3 is 14.8 Å². The Bertz CT molecular complexity index is 235. The van der Waals surface area contributed by atoms with Gasteiger partial charge in [-0.2, -0.15) is 0 Å². The predicted octanol–water partition coefficient (Wildman–Crippen LogP) is 0.216. The van der Waals surface area contributed by atoms with Crippen molar-refractivity contribution in [1.29, 1.82) is 0 Å². The van der Waals surface area contributed by atoms with E-state index < -0.39 is 5.97 Å². The normalized spacial score (nSPS) is 10.6. The summed E-state index contributed by atoms with van der Waals surface area (Å²) in [5.41, 5.74) is 0.711. The van der Waals surface area contributed by atoms with Crippen molar-refractivity contribution in [2.45, 2.75) is 13.8 Å². The Hall–Kier alpha value is -1.52. The Morgan fingerprint density at radius 3 is 2.29 bits per heavy atom. The molecule has 80 valence electrons. The summed E-state index contributed by atoms with van der Waals surface area (Å²) in [7, 11) is 1.71. The Morgan fingerprint density at radius 1 is 1.21 bits per heavy atom. The number of rotatable bonds is 5. The summed E-state index contributed by atoms with van der Waals surface area (Å²) >= 11 is 0. The van der Waals surface area contributed by atoms with Crippen LogP contribution in [-0.2, 0) is 19.1 Å². The van der Waals surface area contributed by atoms with E-state index in [1.165, 1.54) is 13.0 Å². The van der Waals surface area contributed by atoms with Gasteiger partial charge in [-0.05, 0) is 6.92 Å². The maximum absolute atomic E-state index is 11.0. The van der Waals surface area contributed by atoms with E-state index in [2.05, 4.69) is 10.1 Å². The molecular weight excluding hydrogens is 186 g/mol. The van der Waals surface area contributed by atoms with Crippen LogP contribution in [0.5, 0.6) is 0 Å². The monoisotopic (exact) mass is 201 g/mol. The lowest BCUT2D eigenvalue weighted by atomic mass is 10.4. The quantitative estimate of drug-likeness (QED) is 0.391. The number of esters is 2. The SMILES string of the molecule is CN/C(C)=C\C(=O)OCCOC(C)=O. The number of hydrogen-bond acceptors (Lipinski definition) is 5. The van der Waals surface area contributed by atoms with E-state index in [0.717, 1.165) is 0 Å². The molecule has 14 heavy (non-hydrogen) atoms. The van der Waals surface area contributed by atoms with E-state index in [9.17, 15) is 9.59 Å². The first-order valence-electron chi connectivity index (χ1n) is 4.22. The molecule has 0 fully saturated rings. The highest BCUT2D eigenvalue weighted by atomic mass is 16.6. The molecule has 0 aliphatic carbocycles. The van der Waals surface area contributed by atoms with Gasteiger partial charge in [0.15, 0.2) is 0 Å². The average Bonchev–Trinajstić information content (AvgIpc) is 2.12. The van der Waals surface area contributed by atoms with Gasteiger partial charge in [0.2, 0.25) is 0 Å². The number of allylic oxidation sites excluding steroid dienone is 1. The molecule has 0 aliphatic rings. The van der Waals surface area contributed by atoms with E-state index in [-0.39, 0.29) is 19.2 Å². The molecule has 0 saturated heterocycles. The van der Waals surface area contributed by atoms with Gasteiger partial charge in [-0.1, -0.05) is 0 Å². The highest BCUT2D eigenvalue weighted by molar-refractivity contribution is 5.82. The number of carbonyl (C=O) groups excluding carboxylic acids is 2. The van der Waals surface area contributed by atoms with Crippen LogP contribution < -0.4 is 5.32 Å². The maximum atomic E-state index is 11.0. The third-order valence-electron chi connectivity index (χ3n) is 1.36. The summed E-state index contributed by atoms with van der Waals surface area (Å²) in [6, 6.07) is 0. The minimum absolute atomic E-state index is 0.0753. The molecule has 0 radical (unpaired) electrons. The van der Waals surface area contributed by atoms with E-state index in [4.69, 9.17) is 4.74 Å². The molecule has 0 aromatic rings. The molecule has 0 unspecified atom stereocenters. The van der Waals surface area contributed by atoms with Crippen LogP contribution in [0.4, 0.5) is 0 Å². The van der Waals surface area contributed by atoms with Crippen molar-refractivity contribution in [3.8, 4) is 0 Å². The Balaban J connectivity index is 3.60. The zero-order valence-corrected chi connectivity index (χ0v) is 8.62. The maximum Gasteiger partial charge on any atom is 0.332 e. The highest BCUT2D eigenvalue weighted by Crippen LogP contribution is 1.88. The van der Waals surface area contributed by atoms with Crippen molar-refractivity contribution in [1.82, 2.24) is 5.32 Å². The fourth-order valence-corrected chi connectivity index (χ4v) is 0.618. The molecular formula is C9H15NO4. The number of ether oxygens (including phenoxy) is 2. The summed E-state index contributed by atoms with van der Waals surface area (Å²) < 4.78 is 9.30. The van der Waals surface area contributed by atoms with E-state index in [1.54, 1.807) is 14.0 Å². The van der Waals surface area contributed by atoms with Crippen LogP contribution in [0.25, 0.3) is 0 Å². The Morgan fingerprint density at radius 2 is 1.79 bits per heavy atom. The zero-order valence-electron chi connectivity index (χ0n) is 8.62. The minimum Gasteiger partial charge on any atom is -0.462 e. The minimum atomic E-state index is -0.455. The van der Waals surface area contributed by atoms with Gasteiger partial charge >= 0.3 is 11.9 Å². The van der Waals surface area contributed by atoms with Gasteiger partial charge in [-0.25, -0.2) is 4.79 Å². The third kappa shape index (κ3) is 7.15. The molecule has 0 aromatic heterocycles. The first kappa shape index (κ1) is 12.5. The molecule has 5 nitrogen and oxygen atoms in total. The van der Waals surface area contributed by atoms with Crippen LogP contribution in [0.3, 0.4) is 0 Å². The van der Waals surface area contributed by atoms with Crippen LogP contribution >= 0.6 is 0 Å². The molecule has 0 bridgehead atoms. The smallest absolute Gasteiger partial charge is 0.332 e. The lowest BCUT2D eigenvalue weighted by Crippen LogP contribution is -2.12. The van der Waals surface area contributed by atoms with E-state index in [0.29, 0.717) is 5.70 Å². The second kappa shape index (κ2) is 6.94. The van der Waals surface area contributed by atoms with E-state index in [1.807, 2.05) is 0 Å². The number of hydrogen-bond donors (Lipinski definition) is 1. The fourth-order valence-electron chi connectivity index (χ4n) is 0.618. The average molecular weight is 201 g/mol. The second-order valence-electron chi connectivity index (χ2n) is 2.58. The second-order valence-corrected chi connectivity index (χ2v) is 2.58. The van der Waals surface area contributed by atoms with Crippen molar-refractivity contribution in [2.75, 3.05) is 20.3 Å². The first-order valence-corrected chi connectivity index (χ1v) is 4.22. The molecule has 5 heteroatoms. The predicted molar refractivity (Wildman–Crippen MR) is 50.4 cm³/mol. The Kier molecular flexibility index (Phi) is 6.19. The van der Waals surface area contributed by atoms with Crippen LogP contribution in [-0.4, -0.2) is 32.2 Å². The van der Waals surface area contributed by atoms with Crippen molar-refractivity contribution in [3.05, 3.63) is 11.8 Å². The molecule has 1 N–H and O–H groups in total. The number of nitrogens with one attached hydrogen (secondary N) is 1. The summed E-state index contributed by atoms with van der Waals surface area (Å²) in [4.78, 5) is 21.3. The molecule has 0 aliphatic heterocycles. The van der Waals surface area contributed by atoms with Gasteiger partial charge in [-0.3, -0.25) is 4.79 Å². The lowest BCUT2D eigenvalue weighted by molar-refractivity contribution is -0.147. The van der Waals surface area contributed by atoms with Crippen LogP contribution in [0, 0.1) is 0 Å². The third-order valence-corrected chi connectivity index (χ3v) is 1.36. The van der Waals surface area contributed by atoms with Crippen molar-refractivity contribution < 1.29 is 19.1 Å². The number of carbonyl (C=O) groups is 2.